The fraction of sp³-hybridized carbons (Fsp3) is 0.148. The highest BCUT2D eigenvalue weighted by Crippen LogP contribution is 2.27. The molecule has 0 spiro atoms. The number of nitrogens with one attached hydrogen (secondary N) is 1. The van der Waals surface area contributed by atoms with Gasteiger partial charge in [-0.15, -0.1) is 29.6 Å². The lowest BCUT2D eigenvalue weighted by atomic mass is 10.1. The number of anilines is 1. The highest BCUT2D eigenvalue weighted by molar-refractivity contribution is 7.07. The Bertz CT molecular complexity index is 1570. The van der Waals surface area contributed by atoms with Crippen molar-refractivity contribution < 1.29 is 17.9 Å². The molecule has 1 aliphatic rings. The molecule has 5 rings (SSSR count). The third-order valence-corrected chi connectivity index (χ3v) is 7.07. The number of rotatable bonds is 6. The lowest BCUT2D eigenvalue weighted by molar-refractivity contribution is -0.274. The van der Waals surface area contributed by atoms with Gasteiger partial charge in [0.15, 0.2) is 0 Å². The first-order valence-electron chi connectivity index (χ1n) is 11.7. The van der Waals surface area contributed by atoms with Crippen molar-refractivity contribution in [1.82, 2.24) is 9.99 Å². The number of para-hydroxylation sites is 1. The van der Waals surface area contributed by atoms with Gasteiger partial charge in [-0.1, -0.05) is 48.0 Å². The number of halogens is 4. The smallest absolute Gasteiger partial charge is 0.406 e. The summed E-state index contributed by atoms with van der Waals surface area (Å²) >= 11 is 7.96. The fourth-order valence-corrected chi connectivity index (χ4v) is 5.11. The van der Waals surface area contributed by atoms with Gasteiger partial charge >= 0.3 is 6.36 Å². The Morgan fingerprint density at radius 1 is 1.05 bits per heavy atom. The third kappa shape index (κ3) is 6.22. The number of hydrazine groups is 1. The van der Waals surface area contributed by atoms with Crippen molar-refractivity contribution in [3.63, 3.8) is 0 Å². The van der Waals surface area contributed by atoms with Crippen LogP contribution < -0.4 is 20.0 Å². The zero-order chi connectivity index (χ0) is 27.6. The van der Waals surface area contributed by atoms with Gasteiger partial charge in [-0.2, -0.15) is 10.5 Å². The summed E-state index contributed by atoms with van der Waals surface area (Å²) in [5.41, 5.74) is 8.52. The first-order chi connectivity index (χ1) is 18.7. The number of nitrogens with zero attached hydrogens (tertiary/aromatic N) is 5. The molecule has 0 saturated carbocycles. The van der Waals surface area contributed by atoms with Crippen LogP contribution in [0, 0.1) is 13.8 Å². The van der Waals surface area contributed by atoms with E-state index in [4.69, 9.17) is 11.6 Å². The van der Waals surface area contributed by atoms with Crippen molar-refractivity contribution in [1.29, 1.82) is 0 Å². The van der Waals surface area contributed by atoms with Crippen LogP contribution in [0.25, 0.3) is 5.69 Å². The number of aliphatic imine (C=N–C) groups is 1. The van der Waals surface area contributed by atoms with Crippen LogP contribution in [-0.2, 0) is 0 Å². The van der Waals surface area contributed by atoms with Gasteiger partial charge in [-0.05, 0) is 60.9 Å². The Morgan fingerprint density at radius 2 is 1.79 bits per heavy atom. The minimum Gasteiger partial charge on any atom is -0.406 e. The van der Waals surface area contributed by atoms with Gasteiger partial charge in [-0.25, -0.2) is 4.99 Å². The zero-order valence-electron chi connectivity index (χ0n) is 20.7. The standard InChI is InChI=1S/C27H22ClF3N6OS/c1-17-4-3-5-23(28)24(17)37-18(2)15-39-26(37)34-33-14-19-6-8-20(9-7-19)25-32-16-36(35-25)21-10-12-22(13-11-21)38-27(29,30)31/h3-16,25,35H,1-2H3/b33-14+,34-26-. The molecule has 0 amide bonds. The lowest BCUT2D eigenvalue weighted by Gasteiger charge is -2.18. The number of aromatic nitrogens is 1. The summed E-state index contributed by atoms with van der Waals surface area (Å²) in [6.07, 6.45) is -1.83. The van der Waals surface area contributed by atoms with E-state index in [0.717, 1.165) is 28.1 Å². The first-order valence-corrected chi connectivity index (χ1v) is 13.0. The quantitative estimate of drug-likeness (QED) is 0.207. The number of alkyl halides is 3. The Hall–Kier alpha value is -3.93. The van der Waals surface area contributed by atoms with Crippen LogP contribution in [0.3, 0.4) is 0 Å². The minimum absolute atomic E-state index is 0.286. The average molecular weight is 571 g/mol. The van der Waals surface area contributed by atoms with Crippen molar-refractivity contribution in [2.45, 2.75) is 26.4 Å². The molecule has 0 aliphatic carbocycles. The van der Waals surface area contributed by atoms with Crippen LogP contribution in [0.4, 0.5) is 18.9 Å². The summed E-state index contributed by atoms with van der Waals surface area (Å²) in [6, 6.07) is 19.0. The summed E-state index contributed by atoms with van der Waals surface area (Å²) in [5, 5.41) is 13.0. The largest absolute Gasteiger partial charge is 0.573 e. The number of hydrogen-bond donors (Lipinski definition) is 1. The second-order valence-electron chi connectivity index (χ2n) is 8.62. The molecule has 39 heavy (non-hydrogen) atoms. The number of hydrogen-bond acceptors (Lipinski definition) is 7. The molecule has 200 valence electrons. The van der Waals surface area contributed by atoms with Crippen molar-refractivity contribution in [3.05, 3.63) is 104 Å². The molecule has 1 N–H and O–H groups in total. The SMILES string of the molecule is Cc1cccc(Cl)c1-n1c(C)cs/c1=N\N=C\c1ccc(C2N=CN(c3ccc(OC(F)(F)F)cc3)N2)cc1. The number of ether oxygens (including phenoxy) is 1. The summed E-state index contributed by atoms with van der Waals surface area (Å²) in [6.45, 7) is 4.00. The summed E-state index contributed by atoms with van der Waals surface area (Å²) < 4.78 is 43.0. The second-order valence-corrected chi connectivity index (χ2v) is 9.86. The third-order valence-electron chi connectivity index (χ3n) is 5.83. The number of benzene rings is 3. The molecule has 1 aliphatic heterocycles. The Balaban J connectivity index is 1.25. The summed E-state index contributed by atoms with van der Waals surface area (Å²) in [7, 11) is 0. The molecule has 0 saturated heterocycles. The van der Waals surface area contributed by atoms with Gasteiger partial charge in [0.25, 0.3) is 0 Å². The van der Waals surface area contributed by atoms with Crippen molar-refractivity contribution in [2.24, 2.45) is 15.2 Å². The van der Waals surface area contributed by atoms with E-state index in [9.17, 15) is 13.2 Å². The van der Waals surface area contributed by atoms with Crippen LogP contribution in [-0.4, -0.2) is 23.5 Å². The highest BCUT2D eigenvalue weighted by atomic mass is 35.5. The normalized spacial score (nSPS) is 16.0. The van der Waals surface area contributed by atoms with Gasteiger partial charge in [-0.3, -0.25) is 9.58 Å². The molecule has 7 nitrogen and oxygen atoms in total. The maximum absolute atomic E-state index is 12.4. The summed E-state index contributed by atoms with van der Waals surface area (Å²) in [5.74, 6) is -0.286. The number of thiazole rings is 1. The monoisotopic (exact) mass is 570 g/mol. The molecular formula is C27H22ClF3N6OS. The van der Waals surface area contributed by atoms with Crippen molar-refractivity contribution in [2.75, 3.05) is 5.01 Å². The van der Waals surface area contributed by atoms with Crippen LogP contribution >= 0.6 is 22.9 Å². The van der Waals surface area contributed by atoms with Crippen LogP contribution in [0.15, 0.2) is 87.3 Å². The molecular weight excluding hydrogens is 549 g/mol. The van der Waals surface area contributed by atoms with Gasteiger partial charge < -0.3 is 4.74 Å². The first kappa shape index (κ1) is 26.7. The van der Waals surface area contributed by atoms with Crippen LogP contribution in [0.1, 0.15) is 28.6 Å². The van der Waals surface area contributed by atoms with E-state index in [1.165, 1.54) is 35.6 Å². The van der Waals surface area contributed by atoms with E-state index in [2.05, 4.69) is 25.4 Å². The van der Waals surface area contributed by atoms with E-state index in [1.54, 1.807) is 17.6 Å². The molecule has 1 unspecified atom stereocenters. The molecule has 2 heterocycles. The Morgan fingerprint density at radius 3 is 2.49 bits per heavy atom. The average Bonchev–Trinajstić information content (AvgIpc) is 3.52. The van der Waals surface area contributed by atoms with E-state index in [-0.39, 0.29) is 11.9 Å². The van der Waals surface area contributed by atoms with E-state index in [1.807, 2.05) is 66.3 Å². The second kappa shape index (κ2) is 11.0. The Labute approximate surface area is 231 Å². The molecule has 0 fully saturated rings. The topological polar surface area (TPSA) is 66.5 Å². The molecule has 3 aromatic carbocycles. The molecule has 1 atom stereocenters. The maximum atomic E-state index is 12.4. The maximum Gasteiger partial charge on any atom is 0.573 e. The van der Waals surface area contributed by atoms with Gasteiger partial charge in [0.05, 0.1) is 22.6 Å². The minimum atomic E-state index is -4.73. The highest BCUT2D eigenvalue weighted by Gasteiger charge is 2.31. The molecule has 12 heteroatoms. The van der Waals surface area contributed by atoms with E-state index >= 15 is 0 Å². The predicted molar refractivity (Wildman–Crippen MR) is 148 cm³/mol. The van der Waals surface area contributed by atoms with Gasteiger partial charge in [0, 0.05) is 11.1 Å². The van der Waals surface area contributed by atoms with Crippen LogP contribution in [0.5, 0.6) is 5.75 Å². The molecule has 4 aromatic rings. The van der Waals surface area contributed by atoms with Gasteiger partial charge in [0.1, 0.15) is 18.3 Å². The molecule has 1 aromatic heterocycles. The molecule has 0 bridgehead atoms. The van der Waals surface area contributed by atoms with E-state index in [0.29, 0.717) is 15.5 Å². The summed E-state index contributed by atoms with van der Waals surface area (Å²) in [4.78, 5) is 5.15. The zero-order valence-corrected chi connectivity index (χ0v) is 22.3. The van der Waals surface area contributed by atoms with E-state index < -0.39 is 6.36 Å². The Kier molecular flexibility index (Phi) is 7.56. The van der Waals surface area contributed by atoms with Crippen molar-refractivity contribution >= 4 is 41.2 Å². The predicted octanol–water partition coefficient (Wildman–Crippen LogP) is 6.69. The molecule has 0 radical (unpaired) electrons. The van der Waals surface area contributed by atoms with Crippen LogP contribution in [0.2, 0.25) is 5.02 Å². The van der Waals surface area contributed by atoms with Crippen molar-refractivity contribution in [3.8, 4) is 11.4 Å². The lowest BCUT2D eigenvalue weighted by Crippen LogP contribution is -2.33. The van der Waals surface area contributed by atoms with Gasteiger partial charge in [0.2, 0.25) is 4.80 Å². The fourth-order valence-electron chi connectivity index (χ4n) is 3.99. The number of aryl methyl sites for hydroxylation is 2.